The second-order valence-corrected chi connectivity index (χ2v) is 8.45. The van der Waals surface area contributed by atoms with E-state index in [1.54, 1.807) is 0 Å². The van der Waals surface area contributed by atoms with E-state index >= 15 is 0 Å². The SMILES string of the molecule is CCCCCCC(COCC(CCCCCC)c1ccccc1)c1ccccc1. The maximum atomic E-state index is 6.38. The van der Waals surface area contributed by atoms with Gasteiger partial charge in [0.15, 0.2) is 0 Å². The predicted molar refractivity (Wildman–Crippen MR) is 127 cm³/mol. The Labute approximate surface area is 179 Å². The minimum Gasteiger partial charge on any atom is -0.380 e. The van der Waals surface area contributed by atoms with Crippen LogP contribution in [0.3, 0.4) is 0 Å². The Kier molecular flexibility index (Phi) is 12.5. The highest BCUT2D eigenvalue weighted by Crippen LogP contribution is 2.26. The van der Waals surface area contributed by atoms with E-state index in [2.05, 4.69) is 74.5 Å². The molecule has 0 saturated heterocycles. The average molecular weight is 395 g/mol. The molecule has 0 fully saturated rings. The molecular formula is C28H42O. The van der Waals surface area contributed by atoms with E-state index in [0.717, 1.165) is 13.2 Å². The highest BCUT2D eigenvalue weighted by molar-refractivity contribution is 5.20. The fourth-order valence-corrected chi connectivity index (χ4v) is 4.13. The quantitative estimate of drug-likeness (QED) is 0.259. The Balaban J connectivity index is 1.90. The summed E-state index contributed by atoms with van der Waals surface area (Å²) in [6.07, 6.45) is 13.0. The van der Waals surface area contributed by atoms with E-state index in [1.807, 2.05) is 0 Å². The first-order valence-electron chi connectivity index (χ1n) is 12.0. The van der Waals surface area contributed by atoms with Crippen molar-refractivity contribution in [3.8, 4) is 0 Å². The number of unbranched alkanes of at least 4 members (excludes halogenated alkanes) is 6. The summed E-state index contributed by atoms with van der Waals surface area (Å²) >= 11 is 0. The van der Waals surface area contributed by atoms with Gasteiger partial charge in [0, 0.05) is 11.8 Å². The Hall–Kier alpha value is -1.60. The Morgan fingerprint density at radius 1 is 0.552 bits per heavy atom. The predicted octanol–water partition coefficient (Wildman–Crippen LogP) is 8.51. The molecule has 2 aromatic carbocycles. The zero-order valence-corrected chi connectivity index (χ0v) is 18.8. The lowest BCUT2D eigenvalue weighted by molar-refractivity contribution is 0.101. The van der Waals surface area contributed by atoms with Gasteiger partial charge in [-0.05, 0) is 24.0 Å². The molecule has 0 saturated carbocycles. The molecule has 29 heavy (non-hydrogen) atoms. The molecule has 0 N–H and O–H groups in total. The molecule has 2 aromatic rings. The second-order valence-electron chi connectivity index (χ2n) is 8.45. The van der Waals surface area contributed by atoms with Crippen LogP contribution in [0, 0.1) is 0 Å². The first kappa shape index (κ1) is 23.7. The minimum atomic E-state index is 0.518. The van der Waals surface area contributed by atoms with Gasteiger partial charge in [-0.1, -0.05) is 126 Å². The standard InChI is InChI=1S/C28H42O/c1-3-5-7-11-21-27(25-17-13-9-14-18-25)23-29-24-28(22-12-8-6-4-2)26-19-15-10-16-20-26/h9-10,13-20,27-28H,3-8,11-12,21-24H2,1-2H3. The largest absolute Gasteiger partial charge is 0.380 e. The Morgan fingerprint density at radius 3 is 1.34 bits per heavy atom. The number of ether oxygens (including phenoxy) is 1. The van der Waals surface area contributed by atoms with E-state index in [4.69, 9.17) is 4.74 Å². The van der Waals surface area contributed by atoms with E-state index in [0.29, 0.717) is 11.8 Å². The summed E-state index contributed by atoms with van der Waals surface area (Å²) in [5.41, 5.74) is 2.87. The highest BCUT2D eigenvalue weighted by Gasteiger charge is 2.15. The molecule has 0 spiro atoms. The molecule has 160 valence electrons. The normalized spacial score (nSPS) is 13.3. The van der Waals surface area contributed by atoms with Crippen molar-refractivity contribution in [1.29, 1.82) is 0 Å². The van der Waals surface area contributed by atoms with Crippen molar-refractivity contribution in [3.05, 3.63) is 71.8 Å². The molecule has 2 unspecified atom stereocenters. The van der Waals surface area contributed by atoms with Gasteiger partial charge in [0.2, 0.25) is 0 Å². The van der Waals surface area contributed by atoms with Gasteiger partial charge in [-0.15, -0.1) is 0 Å². The lowest BCUT2D eigenvalue weighted by atomic mass is 9.92. The zero-order chi connectivity index (χ0) is 20.6. The molecule has 0 amide bonds. The molecule has 2 atom stereocenters. The van der Waals surface area contributed by atoms with E-state index in [-0.39, 0.29) is 0 Å². The molecule has 0 aliphatic heterocycles. The third-order valence-electron chi connectivity index (χ3n) is 5.99. The smallest absolute Gasteiger partial charge is 0.0535 e. The number of hydrogen-bond donors (Lipinski definition) is 0. The van der Waals surface area contributed by atoms with Gasteiger partial charge in [-0.3, -0.25) is 0 Å². The van der Waals surface area contributed by atoms with Crippen molar-refractivity contribution >= 4 is 0 Å². The average Bonchev–Trinajstić information content (AvgIpc) is 2.78. The van der Waals surface area contributed by atoms with Crippen LogP contribution >= 0.6 is 0 Å². The molecule has 1 heteroatoms. The molecular weight excluding hydrogens is 352 g/mol. The fraction of sp³-hybridized carbons (Fsp3) is 0.571. The monoisotopic (exact) mass is 394 g/mol. The van der Waals surface area contributed by atoms with Crippen LogP contribution in [0.4, 0.5) is 0 Å². The Morgan fingerprint density at radius 2 is 0.966 bits per heavy atom. The van der Waals surface area contributed by atoms with Crippen molar-refractivity contribution in [1.82, 2.24) is 0 Å². The molecule has 0 bridgehead atoms. The second kappa shape index (κ2) is 15.3. The maximum absolute atomic E-state index is 6.38. The van der Waals surface area contributed by atoms with Crippen molar-refractivity contribution < 1.29 is 4.74 Å². The molecule has 0 heterocycles. The minimum absolute atomic E-state index is 0.518. The topological polar surface area (TPSA) is 9.23 Å². The van der Waals surface area contributed by atoms with Crippen LogP contribution in [-0.4, -0.2) is 13.2 Å². The summed E-state index contributed by atoms with van der Waals surface area (Å²) in [6, 6.07) is 22.0. The summed E-state index contributed by atoms with van der Waals surface area (Å²) in [5, 5.41) is 0. The zero-order valence-electron chi connectivity index (χ0n) is 18.8. The number of benzene rings is 2. The van der Waals surface area contributed by atoms with Crippen LogP contribution in [0.1, 0.15) is 101 Å². The van der Waals surface area contributed by atoms with Crippen LogP contribution in [0.15, 0.2) is 60.7 Å². The van der Waals surface area contributed by atoms with E-state index in [1.165, 1.54) is 75.3 Å². The third-order valence-corrected chi connectivity index (χ3v) is 5.99. The summed E-state index contributed by atoms with van der Waals surface area (Å²) in [5.74, 6) is 1.04. The Bertz CT molecular complexity index is 551. The van der Waals surface area contributed by atoms with Gasteiger partial charge in [-0.25, -0.2) is 0 Å². The molecule has 1 nitrogen and oxygen atoms in total. The first-order valence-corrected chi connectivity index (χ1v) is 12.0. The summed E-state index contributed by atoms with van der Waals surface area (Å²) < 4.78 is 6.38. The van der Waals surface area contributed by atoms with Crippen molar-refractivity contribution in [2.24, 2.45) is 0 Å². The lowest BCUT2D eigenvalue weighted by Crippen LogP contribution is -2.14. The van der Waals surface area contributed by atoms with Gasteiger partial charge < -0.3 is 4.74 Å². The lowest BCUT2D eigenvalue weighted by Gasteiger charge is -2.22. The van der Waals surface area contributed by atoms with Gasteiger partial charge in [0.1, 0.15) is 0 Å². The fourth-order valence-electron chi connectivity index (χ4n) is 4.13. The molecule has 0 aliphatic rings. The van der Waals surface area contributed by atoms with Crippen LogP contribution in [0.5, 0.6) is 0 Å². The maximum Gasteiger partial charge on any atom is 0.0535 e. The summed E-state index contributed by atoms with van der Waals surface area (Å²) in [7, 11) is 0. The van der Waals surface area contributed by atoms with E-state index < -0.39 is 0 Å². The summed E-state index contributed by atoms with van der Waals surface area (Å²) in [6.45, 7) is 6.24. The first-order chi connectivity index (χ1) is 14.3. The van der Waals surface area contributed by atoms with Gasteiger partial charge >= 0.3 is 0 Å². The van der Waals surface area contributed by atoms with Crippen LogP contribution in [-0.2, 0) is 4.74 Å². The van der Waals surface area contributed by atoms with Crippen LogP contribution in [0.25, 0.3) is 0 Å². The van der Waals surface area contributed by atoms with Gasteiger partial charge in [0.25, 0.3) is 0 Å². The van der Waals surface area contributed by atoms with Crippen LogP contribution < -0.4 is 0 Å². The van der Waals surface area contributed by atoms with Crippen molar-refractivity contribution in [2.75, 3.05) is 13.2 Å². The van der Waals surface area contributed by atoms with E-state index in [9.17, 15) is 0 Å². The molecule has 2 rings (SSSR count). The van der Waals surface area contributed by atoms with Gasteiger partial charge in [-0.2, -0.15) is 0 Å². The molecule has 0 radical (unpaired) electrons. The summed E-state index contributed by atoms with van der Waals surface area (Å²) in [4.78, 5) is 0. The van der Waals surface area contributed by atoms with Crippen molar-refractivity contribution in [3.63, 3.8) is 0 Å². The number of rotatable bonds is 16. The van der Waals surface area contributed by atoms with Crippen molar-refractivity contribution in [2.45, 2.75) is 89.9 Å². The van der Waals surface area contributed by atoms with Gasteiger partial charge in [0.05, 0.1) is 13.2 Å². The van der Waals surface area contributed by atoms with Crippen LogP contribution in [0.2, 0.25) is 0 Å². The molecule has 0 aliphatic carbocycles. The third kappa shape index (κ3) is 9.63. The highest BCUT2D eigenvalue weighted by atomic mass is 16.5. The number of hydrogen-bond acceptors (Lipinski definition) is 1. The molecule has 0 aromatic heterocycles.